The number of aliphatic hydroxyl groups is 1. The van der Waals surface area contributed by atoms with Gasteiger partial charge < -0.3 is 10.4 Å². The minimum Gasteiger partial charge on any atom is -0.383 e. The molecular weight excluding hydrogens is 406 g/mol. The summed E-state index contributed by atoms with van der Waals surface area (Å²) in [5.74, 6) is 0.989. The van der Waals surface area contributed by atoms with Gasteiger partial charge in [-0.1, -0.05) is 0 Å². The van der Waals surface area contributed by atoms with Crippen molar-refractivity contribution in [3.8, 4) is 11.4 Å². The van der Waals surface area contributed by atoms with E-state index < -0.39 is 11.0 Å². The molecule has 9 heteroatoms. The van der Waals surface area contributed by atoms with Gasteiger partial charge in [0.15, 0.2) is 17.4 Å². The van der Waals surface area contributed by atoms with E-state index in [0.29, 0.717) is 41.2 Å². The van der Waals surface area contributed by atoms with Crippen molar-refractivity contribution in [2.45, 2.75) is 50.7 Å². The molecule has 2 N–H and O–H groups in total. The molecule has 0 bridgehead atoms. The van der Waals surface area contributed by atoms with Crippen LogP contribution >= 0.6 is 22.9 Å². The normalized spacial score (nSPS) is 22.6. The first-order valence-corrected chi connectivity index (χ1v) is 11.2. The summed E-state index contributed by atoms with van der Waals surface area (Å²) < 4.78 is 4.52. The van der Waals surface area contributed by atoms with E-state index >= 15 is 0 Å². The maximum absolute atomic E-state index is 13.9. The Hall–Kier alpha value is -2.07. The van der Waals surface area contributed by atoms with Crippen LogP contribution in [0.15, 0.2) is 29.2 Å². The van der Waals surface area contributed by atoms with Crippen LogP contribution < -0.4 is 5.32 Å². The molecular formula is C20H23N5O2S2. The van der Waals surface area contributed by atoms with Crippen molar-refractivity contribution in [1.82, 2.24) is 24.6 Å². The van der Waals surface area contributed by atoms with Crippen molar-refractivity contribution in [1.29, 1.82) is 0 Å². The second-order valence-electron chi connectivity index (χ2n) is 7.99. The Morgan fingerprint density at radius 3 is 2.69 bits per heavy atom. The molecule has 1 aliphatic heterocycles. The number of rotatable bonds is 5. The number of thiophene rings is 1. The molecule has 1 aliphatic rings. The van der Waals surface area contributed by atoms with E-state index in [1.165, 1.54) is 11.3 Å². The number of aromatic nitrogens is 4. The zero-order valence-corrected chi connectivity index (χ0v) is 18.2. The van der Waals surface area contributed by atoms with Gasteiger partial charge in [-0.15, -0.1) is 0 Å². The lowest BCUT2D eigenvalue weighted by molar-refractivity contribution is 0.0760. The highest BCUT2D eigenvalue weighted by atomic mass is 32.1. The number of nitrogens with one attached hydrogen (secondary N) is 1. The van der Waals surface area contributed by atoms with Gasteiger partial charge in [-0.3, -0.25) is 4.79 Å². The Balaban J connectivity index is 1.79. The topological polar surface area (TPSA) is 101 Å². The van der Waals surface area contributed by atoms with Crippen molar-refractivity contribution >= 4 is 28.7 Å². The fourth-order valence-corrected chi connectivity index (χ4v) is 5.04. The number of ketones is 1. The van der Waals surface area contributed by atoms with Gasteiger partial charge in [0.05, 0.1) is 0 Å². The van der Waals surface area contributed by atoms with Crippen LogP contribution in [0.1, 0.15) is 54.8 Å². The predicted molar refractivity (Wildman–Crippen MR) is 113 cm³/mol. The molecule has 7 nitrogen and oxygen atoms in total. The number of Topliss-reactive ketones (excluding diaryl/α,β-unsaturated/α-hetero) is 1. The summed E-state index contributed by atoms with van der Waals surface area (Å²) in [6.07, 6.45) is 4.83. The van der Waals surface area contributed by atoms with E-state index in [-0.39, 0.29) is 5.78 Å². The van der Waals surface area contributed by atoms with E-state index in [2.05, 4.69) is 31.6 Å². The lowest BCUT2D eigenvalue weighted by Crippen LogP contribution is -2.52. The molecule has 29 heavy (non-hydrogen) atoms. The number of carbonyl (C=O) groups excluding carboxylic acids is 1. The molecule has 0 aliphatic carbocycles. The Bertz CT molecular complexity index is 1000. The molecule has 0 saturated carbocycles. The first-order chi connectivity index (χ1) is 13.8. The van der Waals surface area contributed by atoms with Gasteiger partial charge in [0.25, 0.3) is 0 Å². The first-order valence-electron chi connectivity index (χ1n) is 9.50. The highest BCUT2D eigenvalue weighted by molar-refractivity contribution is 7.08. The number of hydrogen-bond donors (Lipinski definition) is 2. The van der Waals surface area contributed by atoms with Gasteiger partial charge in [-0.25, -0.2) is 15.0 Å². The van der Waals surface area contributed by atoms with Crippen LogP contribution in [-0.2, 0) is 11.0 Å². The van der Waals surface area contributed by atoms with E-state index in [1.54, 1.807) is 32.3 Å². The van der Waals surface area contributed by atoms with Gasteiger partial charge in [0, 0.05) is 46.9 Å². The Kier molecular flexibility index (Phi) is 5.32. The predicted octanol–water partition coefficient (Wildman–Crippen LogP) is 3.18. The molecule has 4 heterocycles. The summed E-state index contributed by atoms with van der Waals surface area (Å²) in [7, 11) is 0. The van der Waals surface area contributed by atoms with Gasteiger partial charge in [0.2, 0.25) is 0 Å². The summed E-state index contributed by atoms with van der Waals surface area (Å²) in [5, 5.41) is 18.0. The molecule has 3 aromatic rings. The van der Waals surface area contributed by atoms with E-state index in [9.17, 15) is 9.90 Å². The van der Waals surface area contributed by atoms with Crippen LogP contribution in [0.4, 0.5) is 0 Å². The van der Waals surface area contributed by atoms with Crippen LogP contribution in [0, 0.1) is 0 Å². The SMILES string of the molecule is C[C@@H]1CC[C@](C(=O)c2cscc2-c2ncccn2)(c2nsc(C(C)(C)O)n2)CN1. The fourth-order valence-electron chi connectivity index (χ4n) is 3.50. The molecule has 3 aromatic heterocycles. The fraction of sp³-hybridized carbons (Fsp3) is 0.450. The van der Waals surface area contributed by atoms with E-state index in [1.807, 2.05) is 10.8 Å². The molecule has 0 amide bonds. The average molecular weight is 430 g/mol. The van der Waals surface area contributed by atoms with Crippen molar-refractivity contribution < 1.29 is 9.90 Å². The van der Waals surface area contributed by atoms with Crippen molar-refractivity contribution in [3.05, 3.63) is 45.6 Å². The third kappa shape index (κ3) is 3.75. The Morgan fingerprint density at radius 2 is 2.07 bits per heavy atom. The monoisotopic (exact) mass is 429 g/mol. The molecule has 2 atom stereocenters. The van der Waals surface area contributed by atoms with E-state index in [0.717, 1.165) is 23.5 Å². The molecule has 0 unspecified atom stereocenters. The molecule has 152 valence electrons. The van der Waals surface area contributed by atoms with Crippen LogP contribution in [0.3, 0.4) is 0 Å². The maximum atomic E-state index is 13.9. The molecule has 1 saturated heterocycles. The summed E-state index contributed by atoms with van der Waals surface area (Å²) in [6, 6.07) is 2.07. The second kappa shape index (κ2) is 7.64. The lowest BCUT2D eigenvalue weighted by atomic mass is 9.72. The molecule has 1 fully saturated rings. The number of carbonyl (C=O) groups is 1. The minimum absolute atomic E-state index is 0.0271. The quantitative estimate of drug-likeness (QED) is 0.601. The van der Waals surface area contributed by atoms with Crippen LogP contribution in [0.5, 0.6) is 0 Å². The van der Waals surface area contributed by atoms with E-state index in [4.69, 9.17) is 0 Å². The molecule has 0 spiro atoms. The molecule has 0 aromatic carbocycles. The van der Waals surface area contributed by atoms with Crippen molar-refractivity contribution in [2.75, 3.05) is 6.54 Å². The highest BCUT2D eigenvalue weighted by Crippen LogP contribution is 2.39. The summed E-state index contributed by atoms with van der Waals surface area (Å²) in [4.78, 5) is 27.2. The van der Waals surface area contributed by atoms with Crippen LogP contribution in [-0.4, -0.2) is 42.8 Å². The van der Waals surface area contributed by atoms with Crippen LogP contribution in [0.25, 0.3) is 11.4 Å². The lowest BCUT2D eigenvalue weighted by Gasteiger charge is -2.37. The Morgan fingerprint density at radius 1 is 1.31 bits per heavy atom. The third-order valence-electron chi connectivity index (χ3n) is 5.28. The number of piperidine rings is 1. The summed E-state index contributed by atoms with van der Waals surface area (Å²) in [5.41, 5.74) is -0.647. The third-order valence-corrected chi connectivity index (χ3v) is 7.05. The number of hydrogen-bond acceptors (Lipinski definition) is 9. The van der Waals surface area contributed by atoms with Gasteiger partial charge in [0.1, 0.15) is 16.0 Å². The summed E-state index contributed by atoms with van der Waals surface area (Å²) >= 11 is 2.61. The average Bonchev–Trinajstić information content (AvgIpc) is 3.39. The Labute approximate surface area is 177 Å². The van der Waals surface area contributed by atoms with Gasteiger partial charge in [-0.2, -0.15) is 15.7 Å². The highest BCUT2D eigenvalue weighted by Gasteiger charge is 2.47. The van der Waals surface area contributed by atoms with Gasteiger partial charge in [-0.05, 0) is 51.2 Å². The second-order valence-corrected chi connectivity index (χ2v) is 9.48. The van der Waals surface area contributed by atoms with Crippen LogP contribution in [0.2, 0.25) is 0 Å². The smallest absolute Gasteiger partial charge is 0.179 e. The largest absolute Gasteiger partial charge is 0.383 e. The molecule has 4 rings (SSSR count). The number of nitrogens with zero attached hydrogens (tertiary/aromatic N) is 4. The molecule has 0 radical (unpaired) electrons. The van der Waals surface area contributed by atoms with Gasteiger partial charge >= 0.3 is 0 Å². The zero-order chi connectivity index (χ0) is 20.6. The van der Waals surface area contributed by atoms with Crippen molar-refractivity contribution in [3.63, 3.8) is 0 Å². The zero-order valence-electron chi connectivity index (χ0n) is 16.5. The standard InChI is InChI=1S/C20H23N5O2S2/c1-12-5-6-20(11-23-12,17-24-18(29-25-17)19(2,3)27)15(26)13-9-28-10-14(13)16-21-7-4-8-22-16/h4,7-10,12,23,27H,5-6,11H2,1-3H3/t12-,20+/m1/s1. The minimum atomic E-state index is -1.10. The maximum Gasteiger partial charge on any atom is 0.179 e. The summed E-state index contributed by atoms with van der Waals surface area (Å²) in [6.45, 7) is 5.92. The first kappa shape index (κ1) is 20.2. The van der Waals surface area contributed by atoms with Crippen molar-refractivity contribution in [2.24, 2.45) is 0 Å².